The van der Waals surface area contributed by atoms with Crippen LogP contribution in [0, 0.1) is 0 Å². The summed E-state index contributed by atoms with van der Waals surface area (Å²) in [5.74, 6) is 2.49. The predicted molar refractivity (Wildman–Crippen MR) is 126 cm³/mol. The lowest BCUT2D eigenvalue weighted by molar-refractivity contribution is -0.123. The molecule has 2 N–H and O–H groups in total. The molecule has 0 aliphatic carbocycles. The number of hydrogen-bond acceptors (Lipinski definition) is 7. The van der Waals surface area contributed by atoms with Crippen LogP contribution >= 0.6 is 23.5 Å². The van der Waals surface area contributed by atoms with Gasteiger partial charge < -0.3 is 14.3 Å². The highest BCUT2D eigenvalue weighted by molar-refractivity contribution is 8.19. The average Bonchev–Trinajstić information content (AvgIpc) is 3.51. The Morgan fingerprint density at radius 2 is 1.91 bits per heavy atom. The molecule has 2 aromatic carbocycles. The van der Waals surface area contributed by atoms with Gasteiger partial charge in [-0.1, -0.05) is 24.3 Å². The van der Waals surface area contributed by atoms with Crippen molar-refractivity contribution in [2.45, 2.75) is 4.58 Å². The fraction of sp³-hybridized carbons (Fsp3) is 0.174. The first-order valence-corrected chi connectivity index (χ1v) is 11.9. The largest absolute Gasteiger partial charge is 0.484 e. The van der Waals surface area contributed by atoms with E-state index in [2.05, 4.69) is 10.5 Å². The molecule has 32 heavy (non-hydrogen) atoms. The number of hydrogen-bond donors (Lipinski definition) is 2. The average molecular weight is 469 g/mol. The molecule has 0 atom stereocenters. The highest BCUT2D eigenvalue weighted by atomic mass is 32.2. The van der Waals surface area contributed by atoms with E-state index in [1.807, 2.05) is 47.8 Å². The van der Waals surface area contributed by atoms with Crippen LogP contribution in [0.4, 0.5) is 0 Å². The molecule has 9 heteroatoms. The molecule has 0 radical (unpaired) electrons. The van der Waals surface area contributed by atoms with Crippen molar-refractivity contribution in [1.29, 1.82) is 0 Å². The molecule has 164 valence electrons. The van der Waals surface area contributed by atoms with Crippen LogP contribution < -0.4 is 10.2 Å². The Balaban J connectivity index is 1.26. The van der Waals surface area contributed by atoms with Gasteiger partial charge in [-0.05, 0) is 42.0 Å². The number of benzene rings is 2. The van der Waals surface area contributed by atoms with E-state index in [1.54, 1.807) is 24.3 Å². The zero-order valence-corrected chi connectivity index (χ0v) is 18.5. The first-order valence-electron chi connectivity index (χ1n) is 9.80. The number of nitrogens with zero attached hydrogens (tertiary/aromatic N) is 1. The van der Waals surface area contributed by atoms with Crippen LogP contribution in [0.2, 0.25) is 0 Å². The number of thioether (sulfide) groups is 2. The molecule has 0 saturated carbocycles. The van der Waals surface area contributed by atoms with Gasteiger partial charge in [0.1, 0.15) is 17.3 Å². The molecule has 1 saturated heterocycles. The number of ether oxygens (including phenoxy) is 1. The zero-order chi connectivity index (χ0) is 22.3. The number of carboxylic acid groups (broad SMARTS) is 1. The van der Waals surface area contributed by atoms with Gasteiger partial charge in [-0.2, -0.15) is 5.10 Å². The monoisotopic (exact) mass is 468 g/mol. The number of nitrogens with one attached hydrogen (secondary N) is 1. The van der Waals surface area contributed by atoms with Crippen molar-refractivity contribution < 1.29 is 23.8 Å². The van der Waals surface area contributed by atoms with Crippen LogP contribution in [0.25, 0.3) is 11.3 Å². The third-order valence-corrected chi connectivity index (χ3v) is 7.65. The molecule has 0 spiro atoms. The number of rotatable bonds is 8. The summed E-state index contributed by atoms with van der Waals surface area (Å²) in [6.45, 7) is -0.158. The minimum atomic E-state index is -1.01. The molecule has 4 rings (SSSR count). The Morgan fingerprint density at radius 1 is 1.12 bits per heavy atom. The van der Waals surface area contributed by atoms with Gasteiger partial charge in [-0.3, -0.25) is 4.79 Å². The molecule has 1 fully saturated rings. The second-order valence-electron chi connectivity index (χ2n) is 6.81. The number of aromatic carboxylic acids is 1. The van der Waals surface area contributed by atoms with Gasteiger partial charge in [0.25, 0.3) is 5.91 Å². The molecule has 1 amide bonds. The van der Waals surface area contributed by atoms with Crippen LogP contribution in [-0.2, 0) is 4.79 Å². The van der Waals surface area contributed by atoms with E-state index in [-0.39, 0.29) is 12.2 Å². The van der Waals surface area contributed by atoms with Crippen molar-refractivity contribution >= 4 is 41.6 Å². The smallest absolute Gasteiger partial charge is 0.335 e. The number of carbonyl (C=O) groups excluding carboxylic acids is 1. The van der Waals surface area contributed by atoms with E-state index in [9.17, 15) is 9.59 Å². The Morgan fingerprint density at radius 3 is 2.66 bits per heavy atom. The fourth-order valence-corrected chi connectivity index (χ4v) is 5.86. The molecule has 1 aliphatic rings. The van der Waals surface area contributed by atoms with Gasteiger partial charge in [0.05, 0.1) is 16.4 Å². The number of amides is 1. The van der Waals surface area contributed by atoms with E-state index in [0.717, 1.165) is 0 Å². The molecule has 7 nitrogen and oxygen atoms in total. The third-order valence-electron chi connectivity index (χ3n) is 4.55. The standard InChI is InChI=1S/C23H20N2O5S2/c26-21(14-29-18-6-4-15(5-7-18)23-31-10-11-32-23)25-24-13-19-8-9-20(30-19)16-2-1-3-17(12-16)22(27)28/h1-9,12-13,23H,10-11,14H2,(H,25,26)(H,27,28)/b24-13+. The number of furan rings is 1. The summed E-state index contributed by atoms with van der Waals surface area (Å²) < 4.78 is 11.6. The normalized spacial score (nSPS) is 14.0. The van der Waals surface area contributed by atoms with Gasteiger partial charge in [0, 0.05) is 17.1 Å². The molecule has 0 unspecified atom stereocenters. The maximum atomic E-state index is 12.0. The SMILES string of the molecule is O=C(COc1ccc(C2SCCS2)cc1)N/N=C/c1ccc(-c2cccc(C(=O)O)c2)o1. The van der Waals surface area contributed by atoms with Crippen molar-refractivity contribution in [2.24, 2.45) is 5.10 Å². The Labute approximate surface area is 193 Å². The van der Waals surface area contributed by atoms with Gasteiger partial charge in [-0.25, -0.2) is 10.2 Å². The van der Waals surface area contributed by atoms with Crippen LogP contribution in [0.3, 0.4) is 0 Å². The summed E-state index contributed by atoms with van der Waals surface area (Å²) in [6, 6.07) is 17.6. The third kappa shape index (κ3) is 5.74. The molecule has 0 bridgehead atoms. The Hall–Kier alpha value is -3.17. The first kappa shape index (κ1) is 22.0. The van der Waals surface area contributed by atoms with E-state index in [1.165, 1.54) is 35.4 Å². The summed E-state index contributed by atoms with van der Waals surface area (Å²) in [5, 5.41) is 13.0. The highest BCUT2D eigenvalue weighted by Crippen LogP contribution is 2.45. The number of carboxylic acids is 1. The highest BCUT2D eigenvalue weighted by Gasteiger charge is 2.18. The van der Waals surface area contributed by atoms with E-state index in [4.69, 9.17) is 14.3 Å². The van der Waals surface area contributed by atoms with Gasteiger partial charge in [0.2, 0.25) is 0 Å². The molecule has 3 aromatic rings. The van der Waals surface area contributed by atoms with Crippen LogP contribution in [0.1, 0.15) is 26.3 Å². The lowest BCUT2D eigenvalue weighted by Crippen LogP contribution is -2.24. The van der Waals surface area contributed by atoms with Gasteiger partial charge in [-0.15, -0.1) is 23.5 Å². The minimum absolute atomic E-state index is 0.158. The quantitative estimate of drug-likeness (QED) is 0.366. The van der Waals surface area contributed by atoms with E-state index in [0.29, 0.717) is 27.4 Å². The summed E-state index contributed by atoms with van der Waals surface area (Å²) in [6.07, 6.45) is 1.37. The lowest BCUT2D eigenvalue weighted by atomic mass is 10.1. The van der Waals surface area contributed by atoms with Crippen LogP contribution in [0.15, 0.2) is 70.2 Å². The predicted octanol–water partition coefficient (Wildman–Crippen LogP) is 4.65. The van der Waals surface area contributed by atoms with Gasteiger partial charge in [0.15, 0.2) is 6.61 Å². The topological polar surface area (TPSA) is 101 Å². The summed E-state index contributed by atoms with van der Waals surface area (Å²) >= 11 is 3.88. The van der Waals surface area contributed by atoms with Crippen molar-refractivity contribution in [2.75, 3.05) is 18.1 Å². The number of hydrazone groups is 1. The van der Waals surface area contributed by atoms with Crippen molar-refractivity contribution in [3.63, 3.8) is 0 Å². The summed E-state index contributed by atoms with van der Waals surface area (Å²) in [7, 11) is 0. The van der Waals surface area contributed by atoms with Crippen LogP contribution in [0.5, 0.6) is 5.75 Å². The van der Waals surface area contributed by atoms with Crippen molar-refractivity contribution in [3.05, 3.63) is 77.6 Å². The van der Waals surface area contributed by atoms with E-state index >= 15 is 0 Å². The molecule has 2 heterocycles. The summed E-state index contributed by atoms with van der Waals surface area (Å²) in [5.41, 5.74) is 4.46. The van der Waals surface area contributed by atoms with Crippen LogP contribution in [-0.4, -0.2) is 41.3 Å². The summed E-state index contributed by atoms with van der Waals surface area (Å²) in [4.78, 5) is 23.1. The molecule has 1 aromatic heterocycles. The maximum absolute atomic E-state index is 12.0. The maximum Gasteiger partial charge on any atom is 0.335 e. The second-order valence-corrected chi connectivity index (χ2v) is 9.54. The van der Waals surface area contributed by atoms with Crippen molar-refractivity contribution in [3.8, 4) is 17.1 Å². The fourth-order valence-electron chi connectivity index (χ4n) is 3.00. The zero-order valence-electron chi connectivity index (χ0n) is 16.9. The Kier molecular flexibility index (Phi) is 7.18. The Bertz CT molecular complexity index is 1120. The number of carbonyl (C=O) groups is 2. The molecule has 1 aliphatic heterocycles. The van der Waals surface area contributed by atoms with Crippen molar-refractivity contribution in [1.82, 2.24) is 5.43 Å². The molecular formula is C23H20N2O5S2. The molecular weight excluding hydrogens is 448 g/mol. The first-order chi connectivity index (χ1) is 15.6. The minimum Gasteiger partial charge on any atom is -0.484 e. The van der Waals surface area contributed by atoms with E-state index < -0.39 is 11.9 Å². The lowest BCUT2D eigenvalue weighted by Gasteiger charge is -2.09. The van der Waals surface area contributed by atoms with Gasteiger partial charge >= 0.3 is 5.97 Å². The second kappa shape index (κ2) is 10.4.